The Morgan fingerprint density at radius 3 is 2.85 bits per heavy atom. The number of hydrogen-bond acceptors (Lipinski definition) is 4. The number of sulfonamides is 1. The van der Waals surface area contributed by atoms with Crippen molar-refractivity contribution in [1.82, 2.24) is 4.98 Å². The van der Waals surface area contributed by atoms with Crippen molar-refractivity contribution in [3.63, 3.8) is 0 Å². The number of anilines is 1. The van der Waals surface area contributed by atoms with Crippen LogP contribution in [0.3, 0.4) is 0 Å². The van der Waals surface area contributed by atoms with Crippen LogP contribution in [0.1, 0.15) is 17.5 Å². The molecule has 1 aromatic heterocycles. The highest BCUT2D eigenvalue weighted by molar-refractivity contribution is 7.92. The topological polar surface area (TPSA) is 59.5 Å². The molecule has 1 aliphatic rings. The monoisotopic (exact) mass is 368 g/mol. The molecule has 4 rings (SSSR count). The zero-order chi connectivity index (χ0) is 18.1. The molecule has 0 bridgehead atoms. The first kappa shape index (κ1) is 16.8. The minimum atomic E-state index is -3.53. The molecule has 0 unspecified atom stereocenters. The third-order valence-corrected chi connectivity index (χ3v) is 6.49. The second kappa shape index (κ2) is 6.61. The van der Waals surface area contributed by atoms with E-state index in [1.165, 1.54) is 4.31 Å². The maximum Gasteiger partial charge on any atom is 0.239 e. The molecule has 3 aromatic rings. The molecule has 0 atom stereocenters. The number of benzene rings is 2. The lowest BCUT2D eigenvalue weighted by atomic mass is 10.0. The predicted molar refractivity (Wildman–Crippen MR) is 103 cm³/mol. The third-order valence-electron chi connectivity index (χ3n) is 4.76. The molecule has 134 valence electrons. The molecule has 6 heteroatoms. The Morgan fingerprint density at radius 2 is 2.00 bits per heavy atom. The van der Waals surface area contributed by atoms with Crippen molar-refractivity contribution in [2.45, 2.75) is 18.6 Å². The quantitative estimate of drug-likeness (QED) is 0.707. The van der Waals surface area contributed by atoms with E-state index >= 15 is 0 Å². The second-order valence-electron chi connectivity index (χ2n) is 6.42. The van der Waals surface area contributed by atoms with E-state index in [0.717, 1.165) is 40.6 Å². The average molecular weight is 368 g/mol. The molecular formula is C20H20N2O3S. The zero-order valence-corrected chi connectivity index (χ0v) is 15.4. The summed E-state index contributed by atoms with van der Waals surface area (Å²) in [6.45, 7) is 0.487. The van der Waals surface area contributed by atoms with Gasteiger partial charge in [0.05, 0.1) is 24.1 Å². The first-order valence-electron chi connectivity index (χ1n) is 8.58. The number of fused-ring (bicyclic) bond motifs is 2. The van der Waals surface area contributed by atoms with Crippen LogP contribution in [0.5, 0.6) is 5.75 Å². The lowest BCUT2D eigenvalue weighted by molar-refractivity contribution is 0.414. The number of para-hydroxylation sites is 1. The summed E-state index contributed by atoms with van der Waals surface area (Å²) in [7, 11) is -1.94. The number of methoxy groups -OCH3 is 1. The van der Waals surface area contributed by atoms with Gasteiger partial charge in [0, 0.05) is 24.2 Å². The van der Waals surface area contributed by atoms with Crippen molar-refractivity contribution in [1.29, 1.82) is 0 Å². The molecule has 0 spiro atoms. The van der Waals surface area contributed by atoms with E-state index in [-0.39, 0.29) is 5.75 Å². The van der Waals surface area contributed by atoms with Crippen LogP contribution >= 0.6 is 0 Å². The summed E-state index contributed by atoms with van der Waals surface area (Å²) in [5, 5.41) is 0.945. The number of aryl methyl sites for hydroxylation is 1. The van der Waals surface area contributed by atoms with Gasteiger partial charge in [-0.1, -0.05) is 30.3 Å². The highest BCUT2D eigenvalue weighted by Crippen LogP contribution is 2.34. The molecule has 2 heterocycles. The van der Waals surface area contributed by atoms with Gasteiger partial charge in [-0.15, -0.1) is 0 Å². The molecule has 26 heavy (non-hydrogen) atoms. The first-order valence-corrected chi connectivity index (χ1v) is 10.2. The van der Waals surface area contributed by atoms with Crippen LogP contribution in [-0.2, 0) is 22.2 Å². The highest BCUT2D eigenvalue weighted by atomic mass is 32.2. The minimum Gasteiger partial charge on any atom is -0.497 e. The van der Waals surface area contributed by atoms with Crippen LogP contribution in [-0.4, -0.2) is 27.1 Å². The highest BCUT2D eigenvalue weighted by Gasteiger charge is 2.28. The van der Waals surface area contributed by atoms with Gasteiger partial charge in [0.1, 0.15) is 5.75 Å². The van der Waals surface area contributed by atoms with Crippen molar-refractivity contribution in [3.05, 3.63) is 65.9 Å². The normalized spacial score (nSPS) is 14.3. The maximum absolute atomic E-state index is 13.2. The van der Waals surface area contributed by atoms with E-state index in [1.807, 2.05) is 48.5 Å². The number of hydrogen-bond donors (Lipinski definition) is 0. The molecule has 0 fully saturated rings. The van der Waals surface area contributed by atoms with Crippen molar-refractivity contribution in [3.8, 4) is 5.75 Å². The summed E-state index contributed by atoms with van der Waals surface area (Å²) in [6, 6.07) is 15.1. The Bertz CT molecular complexity index is 1060. The summed E-state index contributed by atoms with van der Waals surface area (Å²) in [4.78, 5) is 4.38. The Hall–Kier alpha value is -2.60. The van der Waals surface area contributed by atoms with E-state index in [9.17, 15) is 8.42 Å². The number of nitrogens with zero attached hydrogens (tertiary/aromatic N) is 2. The van der Waals surface area contributed by atoms with Gasteiger partial charge in [0.25, 0.3) is 0 Å². The van der Waals surface area contributed by atoms with Gasteiger partial charge < -0.3 is 4.74 Å². The lowest BCUT2D eigenvalue weighted by Crippen LogP contribution is -2.36. The van der Waals surface area contributed by atoms with E-state index in [1.54, 1.807) is 13.3 Å². The molecule has 0 amide bonds. The van der Waals surface area contributed by atoms with Crippen LogP contribution < -0.4 is 9.04 Å². The fraction of sp³-hybridized carbons (Fsp3) is 0.250. The molecule has 0 radical (unpaired) electrons. The molecular weight excluding hydrogens is 348 g/mol. The molecule has 5 nitrogen and oxygen atoms in total. The number of pyridine rings is 1. The maximum atomic E-state index is 13.2. The van der Waals surface area contributed by atoms with E-state index in [4.69, 9.17) is 4.74 Å². The van der Waals surface area contributed by atoms with Crippen molar-refractivity contribution >= 4 is 26.6 Å². The Labute approximate surface area is 153 Å². The summed E-state index contributed by atoms with van der Waals surface area (Å²) in [5.41, 5.74) is 3.22. The van der Waals surface area contributed by atoms with Crippen molar-refractivity contribution in [2.24, 2.45) is 0 Å². The Morgan fingerprint density at radius 1 is 1.15 bits per heavy atom. The molecule has 0 saturated carbocycles. The minimum absolute atomic E-state index is 0.0714. The van der Waals surface area contributed by atoms with Gasteiger partial charge in [0.2, 0.25) is 10.0 Å². The van der Waals surface area contributed by atoms with Gasteiger partial charge in [-0.3, -0.25) is 9.29 Å². The second-order valence-corrected chi connectivity index (χ2v) is 8.31. The van der Waals surface area contributed by atoms with Gasteiger partial charge in [0.15, 0.2) is 0 Å². The smallest absolute Gasteiger partial charge is 0.239 e. The molecule has 0 saturated heterocycles. The average Bonchev–Trinajstić information content (AvgIpc) is 2.67. The number of rotatable bonds is 4. The van der Waals surface area contributed by atoms with Gasteiger partial charge >= 0.3 is 0 Å². The first-order chi connectivity index (χ1) is 12.6. The number of aromatic nitrogens is 1. The van der Waals surface area contributed by atoms with Crippen LogP contribution in [0.25, 0.3) is 10.9 Å². The molecule has 2 aromatic carbocycles. The fourth-order valence-electron chi connectivity index (χ4n) is 3.50. The third kappa shape index (κ3) is 3.01. The van der Waals surface area contributed by atoms with Crippen molar-refractivity contribution < 1.29 is 13.2 Å². The number of ether oxygens (including phenoxy) is 1. The summed E-state index contributed by atoms with van der Waals surface area (Å²) in [6.07, 6.45) is 3.38. The van der Waals surface area contributed by atoms with E-state index in [0.29, 0.717) is 12.3 Å². The lowest BCUT2D eigenvalue weighted by Gasteiger charge is -2.31. The van der Waals surface area contributed by atoms with E-state index < -0.39 is 10.0 Å². The van der Waals surface area contributed by atoms with Crippen LogP contribution in [0, 0.1) is 0 Å². The predicted octanol–water partition coefficient (Wildman–Crippen LogP) is 3.53. The van der Waals surface area contributed by atoms with Crippen LogP contribution in [0.2, 0.25) is 0 Å². The van der Waals surface area contributed by atoms with Gasteiger partial charge in [-0.25, -0.2) is 8.42 Å². The summed E-state index contributed by atoms with van der Waals surface area (Å²) < 4.78 is 33.2. The standard InChI is InChI=1S/C20H20N2O3S/c1-25-18-10-9-15-8-4-12-22(19(15)13-18)26(23,24)14-17-6-2-5-16-7-3-11-21-20(16)17/h2-3,5-7,9-11,13H,4,8,12,14H2,1H3. The summed E-state index contributed by atoms with van der Waals surface area (Å²) >= 11 is 0. The molecule has 0 aliphatic carbocycles. The van der Waals surface area contributed by atoms with Crippen LogP contribution in [0.15, 0.2) is 54.7 Å². The fourth-order valence-corrected chi connectivity index (χ4v) is 5.15. The largest absolute Gasteiger partial charge is 0.497 e. The Balaban J connectivity index is 1.74. The summed E-state index contributed by atoms with van der Waals surface area (Å²) in [5.74, 6) is 0.593. The Kier molecular flexibility index (Phi) is 4.28. The van der Waals surface area contributed by atoms with Crippen molar-refractivity contribution in [2.75, 3.05) is 18.0 Å². The molecule has 1 aliphatic heterocycles. The van der Waals surface area contributed by atoms with Gasteiger partial charge in [-0.2, -0.15) is 0 Å². The van der Waals surface area contributed by atoms with Crippen LogP contribution in [0.4, 0.5) is 5.69 Å². The van der Waals surface area contributed by atoms with Gasteiger partial charge in [-0.05, 0) is 36.1 Å². The van der Waals surface area contributed by atoms with E-state index in [2.05, 4.69) is 4.98 Å². The zero-order valence-electron chi connectivity index (χ0n) is 14.6. The molecule has 0 N–H and O–H groups in total. The SMILES string of the molecule is COc1ccc2c(c1)N(S(=O)(=O)Cc1cccc3cccnc13)CCC2.